The number of aromatic carboxylic acids is 1. The van der Waals surface area contributed by atoms with Crippen molar-refractivity contribution >= 4 is 17.3 Å². The quantitative estimate of drug-likeness (QED) is 0.817. The Morgan fingerprint density at radius 2 is 1.76 bits per heavy atom. The summed E-state index contributed by atoms with van der Waals surface area (Å²) in [5, 5.41) is 9.19. The van der Waals surface area contributed by atoms with E-state index >= 15 is 0 Å². The molecule has 4 heteroatoms. The first kappa shape index (κ1) is 14.2. The summed E-state index contributed by atoms with van der Waals surface area (Å²) < 4.78 is 0. The summed E-state index contributed by atoms with van der Waals surface area (Å²) in [7, 11) is 0. The van der Waals surface area contributed by atoms with Crippen molar-refractivity contribution in [2.24, 2.45) is 5.41 Å². The van der Waals surface area contributed by atoms with E-state index in [1.54, 1.807) is 12.1 Å². The number of rotatable bonds is 2. The van der Waals surface area contributed by atoms with Crippen LogP contribution in [0, 0.1) is 5.41 Å². The average molecular weight is 288 g/mol. The molecule has 3 N–H and O–H groups in total. The van der Waals surface area contributed by atoms with Gasteiger partial charge in [-0.05, 0) is 43.2 Å². The van der Waals surface area contributed by atoms with Gasteiger partial charge in [-0.3, -0.25) is 0 Å². The van der Waals surface area contributed by atoms with E-state index in [1.807, 2.05) is 6.07 Å². The van der Waals surface area contributed by atoms with Crippen molar-refractivity contribution in [3.05, 3.63) is 23.8 Å². The molecule has 0 aromatic heterocycles. The molecule has 1 spiro atoms. The lowest BCUT2D eigenvalue weighted by Crippen LogP contribution is -2.41. The van der Waals surface area contributed by atoms with Crippen LogP contribution in [0.5, 0.6) is 0 Å². The molecular weight excluding hydrogens is 264 g/mol. The number of nitrogen functional groups attached to an aromatic ring is 1. The Kier molecular flexibility index (Phi) is 3.79. The second-order valence-electron chi connectivity index (χ2n) is 6.59. The summed E-state index contributed by atoms with van der Waals surface area (Å²) in [6.45, 7) is 1.99. The Labute approximate surface area is 125 Å². The summed E-state index contributed by atoms with van der Waals surface area (Å²) in [6, 6.07) is 5.31. The van der Waals surface area contributed by atoms with Gasteiger partial charge >= 0.3 is 5.97 Å². The Hall–Kier alpha value is -1.71. The number of piperidine rings is 1. The molecule has 4 nitrogen and oxygen atoms in total. The molecule has 0 radical (unpaired) electrons. The second kappa shape index (κ2) is 5.58. The Bertz CT molecular complexity index is 526. The number of carboxylic acids is 1. The summed E-state index contributed by atoms with van der Waals surface area (Å²) >= 11 is 0. The first-order valence-corrected chi connectivity index (χ1v) is 7.98. The van der Waals surface area contributed by atoms with Crippen molar-refractivity contribution in [3.63, 3.8) is 0 Å². The Morgan fingerprint density at radius 1 is 1.10 bits per heavy atom. The van der Waals surface area contributed by atoms with Crippen LogP contribution in [0.25, 0.3) is 0 Å². The van der Waals surface area contributed by atoms with Crippen molar-refractivity contribution in [3.8, 4) is 0 Å². The number of nitrogens with two attached hydrogens (primary N) is 1. The van der Waals surface area contributed by atoms with Gasteiger partial charge in [-0.2, -0.15) is 0 Å². The third kappa shape index (κ3) is 2.71. The molecule has 3 rings (SSSR count). The fourth-order valence-electron chi connectivity index (χ4n) is 4.04. The molecule has 2 fully saturated rings. The van der Waals surface area contributed by atoms with Crippen LogP contribution in [0.1, 0.15) is 55.3 Å². The largest absolute Gasteiger partial charge is 0.478 e. The molecule has 1 aliphatic heterocycles. The van der Waals surface area contributed by atoms with Crippen LogP contribution in [0.4, 0.5) is 11.4 Å². The van der Waals surface area contributed by atoms with E-state index in [-0.39, 0.29) is 5.56 Å². The zero-order valence-corrected chi connectivity index (χ0v) is 12.5. The van der Waals surface area contributed by atoms with Crippen LogP contribution < -0.4 is 10.6 Å². The maximum absolute atomic E-state index is 11.2. The molecule has 1 saturated heterocycles. The summed E-state index contributed by atoms with van der Waals surface area (Å²) in [4.78, 5) is 13.5. The topological polar surface area (TPSA) is 66.6 Å². The zero-order valence-electron chi connectivity index (χ0n) is 12.5. The molecule has 21 heavy (non-hydrogen) atoms. The molecule has 1 aromatic rings. The maximum atomic E-state index is 11.2. The standard InChI is InChI=1S/C17H24N2O2/c18-15-13(16(20)21)5-4-6-14(15)19-11-9-17(10-12-19)7-2-1-3-8-17/h4-6H,1-3,7-12,18H2,(H,20,21). The van der Waals surface area contributed by atoms with Crippen LogP contribution in [-0.4, -0.2) is 24.2 Å². The van der Waals surface area contributed by atoms with E-state index < -0.39 is 5.97 Å². The predicted octanol–water partition coefficient (Wildman–Crippen LogP) is 3.52. The fraction of sp³-hybridized carbons (Fsp3) is 0.588. The molecule has 1 saturated carbocycles. The fourth-order valence-corrected chi connectivity index (χ4v) is 4.04. The summed E-state index contributed by atoms with van der Waals surface area (Å²) in [6.07, 6.45) is 9.29. The monoisotopic (exact) mass is 288 g/mol. The third-order valence-electron chi connectivity index (χ3n) is 5.39. The van der Waals surface area contributed by atoms with Gasteiger partial charge in [0.25, 0.3) is 0 Å². The third-order valence-corrected chi connectivity index (χ3v) is 5.39. The molecule has 1 aromatic carbocycles. The first-order valence-electron chi connectivity index (χ1n) is 7.98. The smallest absolute Gasteiger partial charge is 0.337 e. The lowest BCUT2D eigenvalue weighted by atomic mass is 9.68. The van der Waals surface area contributed by atoms with Gasteiger partial charge in [-0.25, -0.2) is 4.79 Å². The molecule has 114 valence electrons. The number of hydrogen-bond donors (Lipinski definition) is 2. The van der Waals surface area contributed by atoms with E-state index in [4.69, 9.17) is 5.73 Å². The van der Waals surface area contributed by atoms with Gasteiger partial charge in [0.05, 0.1) is 16.9 Å². The van der Waals surface area contributed by atoms with E-state index in [1.165, 1.54) is 44.9 Å². The van der Waals surface area contributed by atoms with Gasteiger partial charge in [0.15, 0.2) is 0 Å². The lowest BCUT2D eigenvalue weighted by Gasteiger charge is -2.45. The number of para-hydroxylation sites is 1. The number of nitrogens with zero attached hydrogens (tertiary/aromatic N) is 1. The van der Waals surface area contributed by atoms with Crippen LogP contribution in [0.3, 0.4) is 0 Å². The van der Waals surface area contributed by atoms with Crippen LogP contribution in [0.15, 0.2) is 18.2 Å². The summed E-state index contributed by atoms with van der Waals surface area (Å²) in [5.41, 5.74) is 8.12. The molecule has 0 amide bonds. The molecular formula is C17H24N2O2. The van der Waals surface area contributed by atoms with E-state index in [0.717, 1.165) is 18.8 Å². The highest BCUT2D eigenvalue weighted by Gasteiger charge is 2.35. The maximum Gasteiger partial charge on any atom is 0.337 e. The van der Waals surface area contributed by atoms with Gasteiger partial charge in [0, 0.05) is 13.1 Å². The van der Waals surface area contributed by atoms with Crippen molar-refractivity contribution in [1.82, 2.24) is 0 Å². The predicted molar refractivity (Wildman–Crippen MR) is 84.8 cm³/mol. The average Bonchev–Trinajstić information content (AvgIpc) is 2.49. The zero-order chi connectivity index (χ0) is 14.9. The molecule has 0 atom stereocenters. The molecule has 0 unspecified atom stereocenters. The second-order valence-corrected chi connectivity index (χ2v) is 6.59. The first-order chi connectivity index (χ1) is 10.1. The lowest BCUT2D eigenvalue weighted by molar-refractivity contribution is 0.0698. The van der Waals surface area contributed by atoms with Crippen LogP contribution in [-0.2, 0) is 0 Å². The number of hydrogen-bond acceptors (Lipinski definition) is 3. The van der Waals surface area contributed by atoms with Crippen molar-refractivity contribution in [2.45, 2.75) is 44.9 Å². The van der Waals surface area contributed by atoms with Gasteiger partial charge in [0.2, 0.25) is 0 Å². The highest BCUT2D eigenvalue weighted by molar-refractivity contribution is 5.97. The van der Waals surface area contributed by atoms with Crippen LogP contribution in [0.2, 0.25) is 0 Å². The highest BCUT2D eigenvalue weighted by Crippen LogP contribution is 2.45. The van der Waals surface area contributed by atoms with Gasteiger partial charge in [-0.1, -0.05) is 25.3 Å². The molecule has 0 bridgehead atoms. The van der Waals surface area contributed by atoms with Crippen LogP contribution >= 0.6 is 0 Å². The van der Waals surface area contributed by atoms with Crippen molar-refractivity contribution in [1.29, 1.82) is 0 Å². The van der Waals surface area contributed by atoms with Crippen molar-refractivity contribution in [2.75, 3.05) is 23.7 Å². The number of carbonyl (C=O) groups is 1. The molecule has 1 heterocycles. The molecule has 1 aliphatic carbocycles. The van der Waals surface area contributed by atoms with Gasteiger partial charge < -0.3 is 15.7 Å². The number of anilines is 2. The van der Waals surface area contributed by atoms with Gasteiger partial charge in [0.1, 0.15) is 0 Å². The van der Waals surface area contributed by atoms with E-state index in [2.05, 4.69) is 4.90 Å². The summed E-state index contributed by atoms with van der Waals surface area (Å²) in [5.74, 6) is -0.949. The van der Waals surface area contributed by atoms with E-state index in [9.17, 15) is 9.90 Å². The van der Waals surface area contributed by atoms with E-state index in [0.29, 0.717) is 11.1 Å². The number of carboxylic acid groups (broad SMARTS) is 1. The Morgan fingerprint density at radius 3 is 2.38 bits per heavy atom. The highest BCUT2D eigenvalue weighted by atomic mass is 16.4. The minimum Gasteiger partial charge on any atom is -0.478 e. The van der Waals surface area contributed by atoms with Gasteiger partial charge in [-0.15, -0.1) is 0 Å². The normalized spacial score (nSPS) is 21.4. The SMILES string of the molecule is Nc1c(C(=O)O)cccc1N1CCC2(CCCCC2)CC1. The number of benzene rings is 1. The molecule has 2 aliphatic rings. The minimum absolute atomic E-state index is 0.213. The van der Waals surface area contributed by atoms with Crippen molar-refractivity contribution < 1.29 is 9.90 Å². The minimum atomic E-state index is -0.949. The Balaban J connectivity index is 1.75.